The summed E-state index contributed by atoms with van der Waals surface area (Å²) in [7, 11) is 1.68. The first-order valence-corrected chi connectivity index (χ1v) is 12.2. The summed E-state index contributed by atoms with van der Waals surface area (Å²) < 4.78 is 6.28. The van der Waals surface area contributed by atoms with Gasteiger partial charge in [0.05, 0.1) is 25.4 Å². The van der Waals surface area contributed by atoms with Crippen molar-refractivity contribution in [1.82, 2.24) is 24.8 Å². The summed E-state index contributed by atoms with van der Waals surface area (Å²) in [5.41, 5.74) is 2.33. The van der Waals surface area contributed by atoms with Gasteiger partial charge in [-0.2, -0.15) is 0 Å². The first-order valence-electron chi connectivity index (χ1n) is 12.2. The van der Waals surface area contributed by atoms with Crippen LogP contribution in [0.3, 0.4) is 0 Å². The van der Waals surface area contributed by atoms with E-state index in [-0.39, 0.29) is 42.5 Å². The van der Waals surface area contributed by atoms with Crippen molar-refractivity contribution in [1.29, 1.82) is 0 Å². The lowest BCUT2D eigenvalue weighted by Gasteiger charge is -2.37. The number of aromatic nitrogens is 3. The van der Waals surface area contributed by atoms with Crippen LogP contribution in [0, 0.1) is 5.92 Å². The fourth-order valence-corrected chi connectivity index (χ4v) is 4.14. The lowest BCUT2D eigenvalue weighted by Crippen LogP contribution is -2.50. The maximum atomic E-state index is 13.6. The molecule has 2 aromatic heterocycles. The standard InChI is InChI=1S/C28H31N5O4/c1-19-16-33(20(2)18-34)27(35)23-13-22(10-9-21-7-5-4-6-8-21)14-31-26(23)37-25(19)17-32(3)28(36)24-15-29-11-12-30-24/h4-15,19-20,25,34H,16-18H2,1-3H3/b10-9+/t19-,20+,25-/m1/s1. The third-order valence-corrected chi connectivity index (χ3v) is 6.39. The monoisotopic (exact) mass is 501 g/mol. The number of hydrogen-bond acceptors (Lipinski definition) is 7. The predicted octanol–water partition coefficient (Wildman–Crippen LogP) is 3.03. The number of fused-ring (bicyclic) bond motifs is 1. The van der Waals surface area contributed by atoms with Crippen LogP contribution < -0.4 is 4.74 Å². The average Bonchev–Trinajstić information content (AvgIpc) is 2.94. The van der Waals surface area contributed by atoms with Crippen molar-refractivity contribution in [3.8, 4) is 5.88 Å². The van der Waals surface area contributed by atoms with Crippen molar-refractivity contribution < 1.29 is 19.4 Å². The maximum absolute atomic E-state index is 13.6. The summed E-state index contributed by atoms with van der Waals surface area (Å²) in [6, 6.07) is 11.2. The Balaban J connectivity index is 1.64. The average molecular weight is 502 g/mol. The molecule has 9 nitrogen and oxygen atoms in total. The molecule has 3 atom stereocenters. The molecule has 0 bridgehead atoms. The second kappa shape index (κ2) is 11.7. The number of nitrogens with zero attached hydrogens (tertiary/aromatic N) is 5. The molecule has 0 radical (unpaired) electrons. The fourth-order valence-electron chi connectivity index (χ4n) is 4.14. The number of hydrogen-bond donors (Lipinski definition) is 1. The minimum atomic E-state index is -0.455. The predicted molar refractivity (Wildman–Crippen MR) is 140 cm³/mol. The Kier molecular flexibility index (Phi) is 8.25. The Hall–Kier alpha value is -4.11. The van der Waals surface area contributed by atoms with Gasteiger partial charge < -0.3 is 19.6 Å². The number of amides is 2. The zero-order valence-corrected chi connectivity index (χ0v) is 21.2. The smallest absolute Gasteiger partial charge is 0.273 e. The molecule has 3 heterocycles. The molecule has 3 aromatic rings. The number of aliphatic hydroxyl groups excluding tert-OH is 1. The van der Waals surface area contributed by atoms with Gasteiger partial charge in [-0.3, -0.25) is 14.6 Å². The molecule has 37 heavy (non-hydrogen) atoms. The molecule has 0 saturated heterocycles. The van der Waals surface area contributed by atoms with E-state index in [0.717, 1.165) is 11.1 Å². The summed E-state index contributed by atoms with van der Waals surface area (Å²) in [6.07, 6.45) is 9.45. The van der Waals surface area contributed by atoms with Crippen LogP contribution in [0.4, 0.5) is 0 Å². The highest BCUT2D eigenvalue weighted by Crippen LogP contribution is 2.28. The van der Waals surface area contributed by atoms with Crippen molar-refractivity contribution in [2.75, 3.05) is 26.7 Å². The molecule has 1 aliphatic rings. The van der Waals surface area contributed by atoms with Crippen molar-refractivity contribution in [3.05, 3.63) is 83.6 Å². The highest BCUT2D eigenvalue weighted by molar-refractivity contribution is 5.97. The molecule has 9 heteroatoms. The number of pyridine rings is 1. The van der Waals surface area contributed by atoms with Crippen LogP contribution in [-0.2, 0) is 0 Å². The molecular formula is C28H31N5O4. The molecule has 1 aliphatic heterocycles. The van der Waals surface area contributed by atoms with E-state index in [1.165, 1.54) is 23.5 Å². The van der Waals surface area contributed by atoms with Gasteiger partial charge in [0.2, 0.25) is 5.88 Å². The quantitative estimate of drug-likeness (QED) is 0.530. The Morgan fingerprint density at radius 1 is 1.19 bits per heavy atom. The second-order valence-electron chi connectivity index (χ2n) is 9.26. The molecule has 1 aromatic carbocycles. The van der Waals surface area contributed by atoms with Gasteiger partial charge in [-0.15, -0.1) is 0 Å². The van der Waals surface area contributed by atoms with Crippen LogP contribution in [0.2, 0.25) is 0 Å². The van der Waals surface area contributed by atoms with Crippen LogP contribution in [-0.4, -0.2) is 80.6 Å². The Labute approximate surface area is 216 Å². The van der Waals surface area contributed by atoms with Gasteiger partial charge in [-0.25, -0.2) is 9.97 Å². The molecular weight excluding hydrogens is 470 g/mol. The SMILES string of the molecule is C[C@@H]1CN([C@@H](C)CO)C(=O)c2cc(/C=C/c3ccccc3)cnc2O[C@@H]1CN(C)C(=O)c1cnccn1. The Morgan fingerprint density at radius 2 is 1.95 bits per heavy atom. The topological polar surface area (TPSA) is 109 Å². The van der Waals surface area contributed by atoms with Gasteiger partial charge in [0, 0.05) is 38.1 Å². The van der Waals surface area contributed by atoms with E-state index in [4.69, 9.17) is 4.74 Å². The van der Waals surface area contributed by atoms with E-state index in [1.807, 2.05) is 49.4 Å². The summed E-state index contributed by atoms with van der Waals surface area (Å²) in [6.45, 7) is 4.19. The lowest BCUT2D eigenvalue weighted by molar-refractivity contribution is 0.0312. The van der Waals surface area contributed by atoms with Gasteiger partial charge in [0.15, 0.2) is 0 Å². The van der Waals surface area contributed by atoms with E-state index < -0.39 is 12.1 Å². The minimum Gasteiger partial charge on any atom is -0.472 e. The molecule has 2 amide bonds. The molecule has 0 fully saturated rings. The summed E-state index contributed by atoms with van der Waals surface area (Å²) in [4.78, 5) is 42.2. The van der Waals surface area contributed by atoms with Crippen molar-refractivity contribution in [2.24, 2.45) is 5.92 Å². The normalized spacial score (nSPS) is 18.5. The third-order valence-electron chi connectivity index (χ3n) is 6.39. The van der Waals surface area contributed by atoms with E-state index >= 15 is 0 Å². The highest BCUT2D eigenvalue weighted by Gasteiger charge is 2.34. The number of carbonyl (C=O) groups is 2. The number of benzene rings is 1. The van der Waals surface area contributed by atoms with Crippen LogP contribution >= 0.6 is 0 Å². The van der Waals surface area contributed by atoms with E-state index in [2.05, 4.69) is 15.0 Å². The molecule has 1 N–H and O–H groups in total. The molecule has 192 valence electrons. The summed E-state index contributed by atoms with van der Waals surface area (Å²) in [5.74, 6) is -0.484. The van der Waals surface area contributed by atoms with Crippen molar-refractivity contribution in [2.45, 2.75) is 26.0 Å². The minimum absolute atomic E-state index is 0.150. The second-order valence-corrected chi connectivity index (χ2v) is 9.26. The van der Waals surface area contributed by atoms with Crippen LogP contribution in [0.15, 0.2) is 61.2 Å². The van der Waals surface area contributed by atoms with E-state index in [9.17, 15) is 14.7 Å². The number of rotatable bonds is 7. The van der Waals surface area contributed by atoms with Gasteiger partial charge in [0.25, 0.3) is 11.8 Å². The number of aliphatic hydroxyl groups is 1. The zero-order valence-electron chi connectivity index (χ0n) is 21.2. The van der Waals surface area contributed by atoms with Gasteiger partial charge in [-0.05, 0) is 24.1 Å². The fraction of sp³-hybridized carbons (Fsp3) is 0.321. The Morgan fingerprint density at radius 3 is 2.65 bits per heavy atom. The van der Waals surface area contributed by atoms with Crippen LogP contribution in [0.5, 0.6) is 5.88 Å². The van der Waals surface area contributed by atoms with Gasteiger partial charge in [-0.1, -0.05) is 49.4 Å². The van der Waals surface area contributed by atoms with Crippen molar-refractivity contribution >= 4 is 24.0 Å². The largest absolute Gasteiger partial charge is 0.472 e. The van der Waals surface area contributed by atoms with E-state index in [1.54, 1.807) is 31.1 Å². The highest BCUT2D eigenvalue weighted by atomic mass is 16.5. The van der Waals surface area contributed by atoms with Gasteiger partial charge >= 0.3 is 0 Å². The molecule has 0 unspecified atom stereocenters. The molecule has 0 saturated carbocycles. The van der Waals surface area contributed by atoms with Crippen LogP contribution in [0.25, 0.3) is 12.2 Å². The van der Waals surface area contributed by atoms with Gasteiger partial charge in [0.1, 0.15) is 17.4 Å². The number of carbonyl (C=O) groups excluding carboxylic acids is 2. The van der Waals surface area contributed by atoms with E-state index in [0.29, 0.717) is 12.1 Å². The summed E-state index contributed by atoms with van der Waals surface area (Å²) >= 11 is 0. The lowest BCUT2D eigenvalue weighted by atomic mass is 9.99. The first kappa shape index (κ1) is 26.0. The van der Waals surface area contributed by atoms with Crippen LogP contribution in [0.1, 0.15) is 45.8 Å². The molecule has 4 rings (SSSR count). The summed E-state index contributed by atoms with van der Waals surface area (Å²) in [5, 5.41) is 9.86. The number of ether oxygens (including phenoxy) is 1. The van der Waals surface area contributed by atoms with Crippen molar-refractivity contribution in [3.63, 3.8) is 0 Å². The third kappa shape index (κ3) is 6.18. The zero-order chi connectivity index (χ0) is 26.4. The molecule has 0 aliphatic carbocycles. The Bertz CT molecular complexity index is 1250. The molecule has 0 spiro atoms. The maximum Gasteiger partial charge on any atom is 0.273 e. The number of likely N-dealkylation sites (N-methyl/N-ethyl adjacent to an activating group) is 1. The first-order chi connectivity index (χ1) is 17.9.